The molecule has 0 atom stereocenters. The number of aryl methyl sites for hydroxylation is 2. The standard InChI is InChI=1S/C13H21N3O/c1-10-7-11(2)16-12(15-10)14-8-13(9-17)5-3-4-6-13/h7,17H,3-6,8-9H2,1-2H3,(H,14,15,16). The minimum Gasteiger partial charge on any atom is -0.396 e. The zero-order valence-electron chi connectivity index (χ0n) is 10.7. The highest BCUT2D eigenvalue weighted by Gasteiger charge is 2.33. The Morgan fingerprint density at radius 1 is 1.24 bits per heavy atom. The molecule has 0 amide bonds. The Bertz CT molecular complexity index is 366. The van der Waals surface area contributed by atoms with E-state index in [1.54, 1.807) is 0 Å². The van der Waals surface area contributed by atoms with Gasteiger partial charge in [-0.05, 0) is 32.8 Å². The van der Waals surface area contributed by atoms with Crippen LogP contribution in [0.2, 0.25) is 0 Å². The van der Waals surface area contributed by atoms with Crippen LogP contribution < -0.4 is 5.32 Å². The fraction of sp³-hybridized carbons (Fsp3) is 0.692. The molecule has 1 heterocycles. The Morgan fingerprint density at radius 2 is 1.82 bits per heavy atom. The molecule has 1 aromatic heterocycles. The fourth-order valence-corrected chi connectivity index (χ4v) is 2.59. The first kappa shape index (κ1) is 12.3. The summed E-state index contributed by atoms with van der Waals surface area (Å²) in [7, 11) is 0. The maximum Gasteiger partial charge on any atom is 0.223 e. The van der Waals surface area contributed by atoms with Crippen molar-refractivity contribution in [3.8, 4) is 0 Å². The van der Waals surface area contributed by atoms with Gasteiger partial charge in [0.2, 0.25) is 5.95 Å². The number of nitrogens with zero attached hydrogens (tertiary/aromatic N) is 2. The van der Waals surface area contributed by atoms with Crippen LogP contribution in [0.5, 0.6) is 0 Å². The van der Waals surface area contributed by atoms with E-state index in [4.69, 9.17) is 0 Å². The van der Waals surface area contributed by atoms with Crippen LogP contribution in [-0.4, -0.2) is 28.2 Å². The summed E-state index contributed by atoms with van der Waals surface area (Å²) in [5.74, 6) is 0.683. The van der Waals surface area contributed by atoms with Crippen molar-refractivity contribution < 1.29 is 5.11 Å². The number of aliphatic hydroxyl groups is 1. The van der Waals surface area contributed by atoms with E-state index in [2.05, 4.69) is 15.3 Å². The maximum atomic E-state index is 9.52. The maximum absolute atomic E-state index is 9.52. The summed E-state index contributed by atoms with van der Waals surface area (Å²) in [6, 6.07) is 1.96. The molecule has 0 radical (unpaired) electrons. The van der Waals surface area contributed by atoms with E-state index < -0.39 is 0 Å². The van der Waals surface area contributed by atoms with Crippen LogP contribution in [0.4, 0.5) is 5.95 Å². The number of hydrogen-bond acceptors (Lipinski definition) is 4. The molecule has 1 aliphatic rings. The highest BCUT2D eigenvalue weighted by atomic mass is 16.3. The van der Waals surface area contributed by atoms with Gasteiger partial charge in [0, 0.05) is 23.3 Å². The number of nitrogens with one attached hydrogen (secondary N) is 1. The molecule has 0 unspecified atom stereocenters. The first-order valence-electron chi connectivity index (χ1n) is 6.31. The number of aliphatic hydroxyl groups excluding tert-OH is 1. The van der Waals surface area contributed by atoms with Gasteiger partial charge in [0.25, 0.3) is 0 Å². The van der Waals surface area contributed by atoms with Crippen molar-refractivity contribution >= 4 is 5.95 Å². The third-order valence-corrected chi connectivity index (χ3v) is 3.60. The van der Waals surface area contributed by atoms with E-state index in [1.807, 2.05) is 19.9 Å². The molecule has 0 bridgehead atoms. The highest BCUT2D eigenvalue weighted by molar-refractivity contribution is 5.28. The molecular weight excluding hydrogens is 214 g/mol. The largest absolute Gasteiger partial charge is 0.396 e. The molecule has 1 saturated carbocycles. The van der Waals surface area contributed by atoms with Crippen molar-refractivity contribution in [2.75, 3.05) is 18.5 Å². The summed E-state index contributed by atoms with van der Waals surface area (Å²) in [6.07, 6.45) is 4.63. The molecule has 0 aliphatic heterocycles. The summed E-state index contributed by atoms with van der Waals surface area (Å²) in [5.41, 5.74) is 2.00. The molecule has 0 saturated heterocycles. The van der Waals surface area contributed by atoms with Gasteiger partial charge in [-0.1, -0.05) is 12.8 Å². The second kappa shape index (κ2) is 5.00. The van der Waals surface area contributed by atoms with Gasteiger partial charge < -0.3 is 10.4 Å². The summed E-state index contributed by atoms with van der Waals surface area (Å²) < 4.78 is 0. The molecule has 17 heavy (non-hydrogen) atoms. The van der Waals surface area contributed by atoms with E-state index in [0.717, 1.165) is 30.8 Å². The highest BCUT2D eigenvalue weighted by Crippen LogP contribution is 2.37. The summed E-state index contributed by atoms with van der Waals surface area (Å²) in [5, 5.41) is 12.8. The van der Waals surface area contributed by atoms with Crippen molar-refractivity contribution in [3.05, 3.63) is 17.5 Å². The number of hydrogen-bond donors (Lipinski definition) is 2. The topological polar surface area (TPSA) is 58.0 Å². The van der Waals surface area contributed by atoms with Crippen molar-refractivity contribution in [1.82, 2.24) is 9.97 Å². The van der Waals surface area contributed by atoms with Crippen LogP contribution >= 0.6 is 0 Å². The molecule has 2 rings (SSSR count). The summed E-state index contributed by atoms with van der Waals surface area (Å²) in [6.45, 7) is 4.96. The number of aromatic nitrogens is 2. The number of anilines is 1. The van der Waals surface area contributed by atoms with Crippen LogP contribution in [0, 0.1) is 19.3 Å². The molecule has 0 aromatic carbocycles. The van der Waals surface area contributed by atoms with Gasteiger partial charge >= 0.3 is 0 Å². The van der Waals surface area contributed by atoms with E-state index in [-0.39, 0.29) is 12.0 Å². The SMILES string of the molecule is Cc1cc(C)nc(NCC2(CO)CCCC2)n1. The minimum atomic E-state index is 0.0427. The van der Waals surface area contributed by atoms with Crippen LogP contribution in [-0.2, 0) is 0 Å². The smallest absolute Gasteiger partial charge is 0.223 e. The Balaban J connectivity index is 2.01. The molecule has 1 aromatic rings. The van der Waals surface area contributed by atoms with Crippen LogP contribution in [0.15, 0.2) is 6.07 Å². The molecule has 1 fully saturated rings. The quantitative estimate of drug-likeness (QED) is 0.838. The summed E-state index contributed by atoms with van der Waals surface area (Å²) in [4.78, 5) is 8.71. The lowest BCUT2D eigenvalue weighted by atomic mass is 9.87. The van der Waals surface area contributed by atoms with Crippen molar-refractivity contribution in [2.24, 2.45) is 5.41 Å². The first-order chi connectivity index (χ1) is 8.13. The van der Waals surface area contributed by atoms with Gasteiger partial charge in [-0.3, -0.25) is 0 Å². The van der Waals surface area contributed by atoms with Gasteiger partial charge in [0.1, 0.15) is 0 Å². The average molecular weight is 235 g/mol. The Kier molecular flexibility index (Phi) is 3.62. The zero-order valence-corrected chi connectivity index (χ0v) is 10.7. The van der Waals surface area contributed by atoms with Gasteiger partial charge in [-0.25, -0.2) is 9.97 Å². The molecule has 2 N–H and O–H groups in total. The molecular formula is C13H21N3O. The van der Waals surface area contributed by atoms with Crippen molar-refractivity contribution in [1.29, 1.82) is 0 Å². The van der Waals surface area contributed by atoms with E-state index in [1.165, 1.54) is 12.8 Å². The van der Waals surface area contributed by atoms with Gasteiger partial charge in [-0.2, -0.15) is 0 Å². The Hall–Kier alpha value is -1.16. The second-order valence-corrected chi connectivity index (χ2v) is 5.19. The Labute approximate surface area is 102 Å². The lowest BCUT2D eigenvalue weighted by molar-refractivity contribution is 0.142. The van der Waals surface area contributed by atoms with Gasteiger partial charge in [0.15, 0.2) is 0 Å². The monoisotopic (exact) mass is 235 g/mol. The third kappa shape index (κ3) is 2.94. The average Bonchev–Trinajstić information content (AvgIpc) is 2.74. The molecule has 4 heteroatoms. The van der Waals surface area contributed by atoms with Gasteiger partial charge in [0.05, 0.1) is 6.61 Å². The normalized spacial score (nSPS) is 18.3. The van der Waals surface area contributed by atoms with Crippen LogP contribution in [0.25, 0.3) is 0 Å². The van der Waals surface area contributed by atoms with E-state index in [0.29, 0.717) is 5.95 Å². The molecule has 94 valence electrons. The zero-order chi connectivity index (χ0) is 12.3. The molecule has 4 nitrogen and oxygen atoms in total. The Morgan fingerprint density at radius 3 is 2.35 bits per heavy atom. The van der Waals surface area contributed by atoms with E-state index >= 15 is 0 Å². The first-order valence-corrected chi connectivity index (χ1v) is 6.31. The second-order valence-electron chi connectivity index (χ2n) is 5.19. The third-order valence-electron chi connectivity index (χ3n) is 3.60. The molecule has 0 spiro atoms. The number of rotatable bonds is 4. The van der Waals surface area contributed by atoms with Crippen molar-refractivity contribution in [2.45, 2.75) is 39.5 Å². The summed E-state index contributed by atoms with van der Waals surface area (Å²) >= 11 is 0. The van der Waals surface area contributed by atoms with E-state index in [9.17, 15) is 5.11 Å². The molecule has 1 aliphatic carbocycles. The van der Waals surface area contributed by atoms with Gasteiger partial charge in [-0.15, -0.1) is 0 Å². The lowest BCUT2D eigenvalue weighted by Crippen LogP contribution is -2.31. The predicted octanol–water partition coefficient (Wildman–Crippen LogP) is 2.06. The van der Waals surface area contributed by atoms with Crippen LogP contribution in [0.1, 0.15) is 37.1 Å². The lowest BCUT2D eigenvalue weighted by Gasteiger charge is -2.26. The predicted molar refractivity (Wildman–Crippen MR) is 68.0 cm³/mol. The minimum absolute atomic E-state index is 0.0427. The van der Waals surface area contributed by atoms with Crippen molar-refractivity contribution in [3.63, 3.8) is 0 Å². The fourth-order valence-electron chi connectivity index (χ4n) is 2.59. The van der Waals surface area contributed by atoms with Crippen LogP contribution in [0.3, 0.4) is 0 Å².